The van der Waals surface area contributed by atoms with E-state index in [1.165, 1.54) is 0 Å². The summed E-state index contributed by atoms with van der Waals surface area (Å²) in [6, 6.07) is 16.1. The number of nitrogens with one attached hydrogen (secondary N) is 2. The summed E-state index contributed by atoms with van der Waals surface area (Å²) in [7, 11) is 0. The smallest absolute Gasteiger partial charge is 0.408 e. The van der Waals surface area contributed by atoms with Gasteiger partial charge in [-0.25, -0.2) is 4.79 Å². The first-order chi connectivity index (χ1) is 16.5. The molecule has 2 aromatic carbocycles. The lowest BCUT2D eigenvalue weighted by molar-refractivity contribution is -0.139. The summed E-state index contributed by atoms with van der Waals surface area (Å²) in [6.07, 6.45) is 4.08. The molecule has 2 amide bonds. The van der Waals surface area contributed by atoms with Crippen molar-refractivity contribution in [1.29, 1.82) is 0 Å². The van der Waals surface area contributed by atoms with E-state index >= 15 is 0 Å². The Bertz CT molecular complexity index is 1060. The number of benzene rings is 2. The van der Waals surface area contributed by atoms with E-state index in [1.54, 1.807) is 0 Å². The molecule has 0 unspecified atom stereocenters. The second kappa shape index (κ2) is 9.12. The van der Waals surface area contributed by atoms with Crippen molar-refractivity contribution in [3.05, 3.63) is 59.7 Å². The summed E-state index contributed by atoms with van der Waals surface area (Å²) >= 11 is 0. The molecule has 7 nitrogen and oxygen atoms in total. The van der Waals surface area contributed by atoms with Crippen molar-refractivity contribution in [2.24, 2.45) is 5.92 Å². The Balaban J connectivity index is 1.20. The number of carbonyl (C=O) groups excluding carboxylic acids is 2. The summed E-state index contributed by atoms with van der Waals surface area (Å²) in [5.41, 5.74) is 3.64. The molecule has 3 aliphatic carbocycles. The van der Waals surface area contributed by atoms with E-state index in [0.717, 1.165) is 47.9 Å². The van der Waals surface area contributed by atoms with Gasteiger partial charge in [-0.3, -0.25) is 9.59 Å². The van der Waals surface area contributed by atoms with E-state index in [4.69, 9.17) is 4.74 Å². The van der Waals surface area contributed by atoms with Gasteiger partial charge in [-0.05, 0) is 53.9 Å². The molecule has 0 aliphatic heterocycles. The quantitative estimate of drug-likeness (QED) is 0.572. The zero-order valence-electron chi connectivity index (χ0n) is 19.1. The highest BCUT2D eigenvalue weighted by Gasteiger charge is 2.52. The van der Waals surface area contributed by atoms with Crippen LogP contribution in [0.2, 0.25) is 0 Å². The largest absolute Gasteiger partial charge is 0.481 e. The maximum atomic E-state index is 13.0. The van der Waals surface area contributed by atoms with Gasteiger partial charge in [0.1, 0.15) is 12.1 Å². The minimum atomic E-state index is -0.951. The fraction of sp³-hybridized carbons (Fsp3) is 0.444. The molecule has 3 N–H and O–H groups in total. The van der Waals surface area contributed by atoms with E-state index in [2.05, 4.69) is 34.9 Å². The Morgan fingerprint density at radius 2 is 1.56 bits per heavy atom. The van der Waals surface area contributed by atoms with Gasteiger partial charge in [0.05, 0.1) is 6.42 Å². The molecule has 2 aromatic rings. The normalized spacial score (nSPS) is 22.2. The van der Waals surface area contributed by atoms with Gasteiger partial charge < -0.3 is 20.5 Å². The van der Waals surface area contributed by atoms with Crippen LogP contribution in [0.1, 0.15) is 62.0 Å². The third-order valence-corrected chi connectivity index (χ3v) is 7.53. The molecule has 7 heteroatoms. The molecule has 0 radical (unpaired) electrons. The molecule has 2 atom stereocenters. The van der Waals surface area contributed by atoms with Crippen LogP contribution in [0.25, 0.3) is 11.1 Å². The van der Waals surface area contributed by atoms with Crippen LogP contribution in [0.5, 0.6) is 0 Å². The van der Waals surface area contributed by atoms with Gasteiger partial charge in [-0.15, -0.1) is 0 Å². The molecular weight excluding hydrogens is 432 g/mol. The first-order valence-corrected chi connectivity index (χ1v) is 12.1. The molecule has 0 spiro atoms. The number of aliphatic carboxylic acids is 1. The Labute approximate surface area is 198 Å². The average Bonchev–Trinajstić information content (AvgIpc) is 3.54. The lowest BCUT2D eigenvalue weighted by atomic mass is 9.82. The molecule has 2 saturated carbocycles. The maximum absolute atomic E-state index is 13.0. The first kappa shape index (κ1) is 22.4. The van der Waals surface area contributed by atoms with Gasteiger partial charge in [0.15, 0.2) is 0 Å². The van der Waals surface area contributed by atoms with E-state index in [9.17, 15) is 19.5 Å². The number of alkyl carbamates (subject to hydrolysis) is 1. The summed E-state index contributed by atoms with van der Waals surface area (Å²) < 4.78 is 5.62. The lowest BCUT2D eigenvalue weighted by Crippen LogP contribution is -2.54. The van der Waals surface area contributed by atoms with Crippen molar-refractivity contribution < 1.29 is 24.2 Å². The van der Waals surface area contributed by atoms with Crippen LogP contribution in [0.3, 0.4) is 0 Å². The molecule has 178 valence electrons. The van der Waals surface area contributed by atoms with Crippen molar-refractivity contribution in [3.8, 4) is 11.1 Å². The van der Waals surface area contributed by atoms with Gasteiger partial charge >= 0.3 is 12.1 Å². The Kier molecular flexibility index (Phi) is 6.02. The fourth-order valence-electron chi connectivity index (χ4n) is 5.54. The summed E-state index contributed by atoms with van der Waals surface area (Å²) in [4.78, 5) is 36.9. The molecular formula is C27H30N2O5. The van der Waals surface area contributed by atoms with Crippen molar-refractivity contribution in [3.63, 3.8) is 0 Å². The molecule has 2 fully saturated rings. The third-order valence-electron chi connectivity index (χ3n) is 7.53. The van der Waals surface area contributed by atoms with Crippen LogP contribution in [0.4, 0.5) is 4.79 Å². The molecule has 5 rings (SSSR count). The monoisotopic (exact) mass is 462 g/mol. The van der Waals surface area contributed by atoms with Crippen molar-refractivity contribution >= 4 is 18.0 Å². The number of hydrogen-bond acceptors (Lipinski definition) is 4. The number of carboxylic acid groups (broad SMARTS) is 1. The van der Waals surface area contributed by atoms with Crippen LogP contribution < -0.4 is 10.6 Å². The summed E-state index contributed by atoms with van der Waals surface area (Å²) in [5.74, 6) is -1.19. The van der Waals surface area contributed by atoms with Crippen LogP contribution in [-0.2, 0) is 14.3 Å². The summed E-state index contributed by atoms with van der Waals surface area (Å²) in [6.45, 7) is 0.195. The van der Waals surface area contributed by atoms with Crippen LogP contribution in [-0.4, -0.2) is 41.3 Å². The van der Waals surface area contributed by atoms with E-state index in [1.807, 2.05) is 24.3 Å². The highest BCUT2D eigenvalue weighted by atomic mass is 16.5. The molecule has 0 bridgehead atoms. The topological polar surface area (TPSA) is 105 Å². The maximum Gasteiger partial charge on any atom is 0.408 e. The number of amides is 2. The minimum Gasteiger partial charge on any atom is -0.481 e. The van der Waals surface area contributed by atoms with Crippen molar-refractivity contribution in [2.75, 3.05) is 6.61 Å². The number of carboxylic acids is 1. The number of fused-ring (bicyclic) bond motifs is 3. The number of ether oxygens (including phenoxy) is 1. The zero-order chi connectivity index (χ0) is 23.7. The Morgan fingerprint density at radius 3 is 2.18 bits per heavy atom. The van der Waals surface area contributed by atoms with Crippen LogP contribution in [0, 0.1) is 5.92 Å². The highest BCUT2D eigenvalue weighted by molar-refractivity contribution is 5.93. The molecule has 0 aromatic heterocycles. The standard InChI is InChI=1S/C27H30N2O5/c30-24(31)15-17-7-1-6-12-23(17)28-25(32)27(13-14-27)29-26(33)34-16-22-20-10-4-2-8-18(20)19-9-3-5-11-21(19)22/h2-5,8-11,17,22-23H,1,6-7,12-16H2,(H,28,32)(H,29,33)(H,30,31)/t17-,23-/m1/s1. The van der Waals surface area contributed by atoms with E-state index < -0.39 is 17.6 Å². The van der Waals surface area contributed by atoms with Gasteiger partial charge in [-0.2, -0.15) is 0 Å². The predicted octanol–water partition coefficient (Wildman–Crippen LogP) is 4.21. The zero-order valence-corrected chi connectivity index (χ0v) is 19.1. The van der Waals surface area contributed by atoms with Gasteiger partial charge in [-0.1, -0.05) is 61.4 Å². The fourth-order valence-corrected chi connectivity index (χ4v) is 5.54. The second-order valence-corrected chi connectivity index (χ2v) is 9.76. The number of carbonyl (C=O) groups is 3. The predicted molar refractivity (Wildman–Crippen MR) is 126 cm³/mol. The lowest BCUT2D eigenvalue weighted by Gasteiger charge is -2.32. The van der Waals surface area contributed by atoms with Gasteiger partial charge in [0, 0.05) is 12.0 Å². The average molecular weight is 463 g/mol. The molecule has 0 saturated heterocycles. The van der Waals surface area contributed by atoms with Crippen molar-refractivity contribution in [2.45, 2.75) is 62.4 Å². The highest BCUT2D eigenvalue weighted by Crippen LogP contribution is 2.44. The molecule has 0 heterocycles. The number of hydrogen-bond donors (Lipinski definition) is 3. The molecule has 34 heavy (non-hydrogen) atoms. The molecule has 3 aliphatic rings. The van der Waals surface area contributed by atoms with Crippen molar-refractivity contribution in [1.82, 2.24) is 10.6 Å². The van der Waals surface area contributed by atoms with Crippen LogP contribution >= 0.6 is 0 Å². The van der Waals surface area contributed by atoms with Gasteiger partial charge in [0.2, 0.25) is 5.91 Å². The van der Waals surface area contributed by atoms with Crippen LogP contribution in [0.15, 0.2) is 48.5 Å². The second-order valence-electron chi connectivity index (χ2n) is 9.76. The Morgan fingerprint density at radius 1 is 0.941 bits per heavy atom. The Hall–Kier alpha value is -3.35. The van der Waals surface area contributed by atoms with Gasteiger partial charge in [0.25, 0.3) is 0 Å². The van der Waals surface area contributed by atoms with E-state index in [0.29, 0.717) is 12.8 Å². The summed E-state index contributed by atoms with van der Waals surface area (Å²) in [5, 5.41) is 15.0. The number of rotatable bonds is 7. The minimum absolute atomic E-state index is 0.0406. The van der Waals surface area contributed by atoms with E-state index in [-0.39, 0.29) is 36.8 Å². The SMILES string of the molecule is O=C(O)C[C@H]1CCCC[C@H]1NC(=O)C1(NC(=O)OCC2c3ccccc3-c3ccccc32)CC1. The third kappa shape index (κ3) is 4.39. The first-order valence-electron chi connectivity index (χ1n) is 12.1.